The molecule has 0 atom stereocenters. The Balaban J connectivity index is 2.94. The number of hydrogen-bond donors (Lipinski definition) is 0. The van der Waals surface area contributed by atoms with Crippen LogP contribution in [0.15, 0.2) is 28.7 Å². The molecular formula is C13H19N3O2S. The van der Waals surface area contributed by atoms with E-state index in [2.05, 4.69) is 11.3 Å². The van der Waals surface area contributed by atoms with Gasteiger partial charge in [-0.25, -0.2) is 8.42 Å². The summed E-state index contributed by atoms with van der Waals surface area (Å²) in [6, 6.07) is 7.90. The quantitative estimate of drug-likeness (QED) is 0.857. The van der Waals surface area contributed by atoms with Gasteiger partial charge in [0.1, 0.15) is 0 Å². The van der Waals surface area contributed by atoms with Crippen molar-refractivity contribution in [2.75, 3.05) is 6.26 Å². The number of benzene rings is 1. The zero-order valence-electron chi connectivity index (χ0n) is 11.5. The van der Waals surface area contributed by atoms with E-state index in [9.17, 15) is 8.42 Å². The van der Waals surface area contributed by atoms with E-state index in [0.29, 0.717) is 12.2 Å². The molecule has 2 rings (SSSR count). The van der Waals surface area contributed by atoms with Gasteiger partial charge in [-0.15, -0.1) is 4.40 Å². The first-order valence-corrected chi connectivity index (χ1v) is 8.26. The van der Waals surface area contributed by atoms with Gasteiger partial charge in [-0.1, -0.05) is 19.1 Å². The van der Waals surface area contributed by atoms with Gasteiger partial charge < -0.3 is 9.13 Å². The van der Waals surface area contributed by atoms with Crippen LogP contribution in [0.5, 0.6) is 0 Å². The second-order valence-electron chi connectivity index (χ2n) is 4.51. The third kappa shape index (κ3) is 2.73. The maximum Gasteiger partial charge on any atom is 0.253 e. The number of sulfonamides is 1. The van der Waals surface area contributed by atoms with Crippen LogP contribution in [0.25, 0.3) is 11.0 Å². The Morgan fingerprint density at radius 1 is 1.11 bits per heavy atom. The average Bonchev–Trinajstić information content (AvgIpc) is 2.62. The van der Waals surface area contributed by atoms with Crippen molar-refractivity contribution in [1.29, 1.82) is 0 Å². The van der Waals surface area contributed by atoms with E-state index >= 15 is 0 Å². The van der Waals surface area contributed by atoms with Crippen molar-refractivity contribution in [3.63, 3.8) is 0 Å². The van der Waals surface area contributed by atoms with Gasteiger partial charge in [-0.05, 0) is 25.5 Å². The van der Waals surface area contributed by atoms with Crippen LogP contribution in [-0.2, 0) is 23.1 Å². The van der Waals surface area contributed by atoms with Gasteiger partial charge in [0.05, 0.1) is 17.3 Å². The third-order valence-electron chi connectivity index (χ3n) is 2.96. The van der Waals surface area contributed by atoms with E-state index in [4.69, 9.17) is 0 Å². The molecule has 1 heterocycles. The predicted molar refractivity (Wildman–Crippen MR) is 76.3 cm³/mol. The summed E-state index contributed by atoms with van der Waals surface area (Å²) in [6.07, 6.45) is 2.05. The van der Waals surface area contributed by atoms with Crippen molar-refractivity contribution >= 4 is 21.1 Å². The highest BCUT2D eigenvalue weighted by molar-refractivity contribution is 7.89. The molecule has 104 valence electrons. The van der Waals surface area contributed by atoms with Crippen LogP contribution in [0.2, 0.25) is 0 Å². The molecule has 0 bridgehead atoms. The fourth-order valence-corrected chi connectivity index (χ4v) is 2.78. The van der Waals surface area contributed by atoms with Gasteiger partial charge in [-0.2, -0.15) is 0 Å². The summed E-state index contributed by atoms with van der Waals surface area (Å²) >= 11 is 0. The number of aryl methyl sites for hydroxylation is 2. The molecule has 0 spiro atoms. The second kappa shape index (κ2) is 5.21. The molecular weight excluding hydrogens is 262 g/mol. The summed E-state index contributed by atoms with van der Waals surface area (Å²) in [5.41, 5.74) is 2.54. The van der Waals surface area contributed by atoms with Crippen molar-refractivity contribution < 1.29 is 8.42 Å². The molecule has 0 saturated carbocycles. The highest BCUT2D eigenvalue weighted by Gasteiger charge is 2.11. The molecule has 1 aromatic carbocycles. The Bertz CT molecular complexity index is 754. The highest BCUT2D eigenvalue weighted by Crippen LogP contribution is 2.13. The Kier molecular flexibility index (Phi) is 3.80. The predicted octanol–water partition coefficient (Wildman–Crippen LogP) is 1.73. The van der Waals surface area contributed by atoms with Crippen LogP contribution >= 0.6 is 0 Å². The van der Waals surface area contributed by atoms with Gasteiger partial charge in [0.15, 0.2) is 0 Å². The fourth-order valence-electron chi connectivity index (χ4n) is 2.28. The Hall–Kier alpha value is -1.56. The summed E-state index contributed by atoms with van der Waals surface area (Å²) in [5, 5.41) is 0. The molecule has 0 N–H and O–H groups in total. The van der Waals surface area contributed by atoms with Gasteiger partial charge in [-0.3, -0.25) is 0 Å². The fraction of sp³-hybridized carbons (Fsp3) is 0.462. The molecule has 0 fully saturated rings. The molecule has 0 radical (unpaired) electrons. The summed E-state index contributed by atoms with van der Waals surface area (Å²) < 4.78 is 30.8. The summed E-state index contributed by atoms with van der Waals surface area (Å²) in [7, 11) is -3.41. The number of nitrogens with zero attached hydrogens (tertiary/aromatic N) is 3. The minimum atomic E-state index is -3.41. The third-order valence-corrected chi connectivity index (χ3v) is 3.45. The number of hydrogen-bond acceptors (Lipinski definition) is 2. The lowest BCUT2D eigenvalue weighted by Gasteiger charge is -2.02. The van der Waals surface area contributed by atoms with Crippen molar-refractivity contribution in [1.82, 2.24) is 9.13 Å². The highest BCUT2D eigenvalue weighted by atomic mass is 32.2. The van der Waals surface area contributed by atoms with Gasteiger partial charge >= 0.3 is 0 Å². The summed E-state index contributed by atoms with van der Waals surface area (Å²) in [4.78, 5) is 0. The molecule has 0 amide bonds. The number of aromatic nitrogens is 2. The molecule has 0 unspecified atom stereocenters. The van der Waals surface area contributed by atoms with Crippen molar-refractivity contribution in [2.24, 2.45) is 4.40 Å². The lowest BCUT2D eigenvalue weighted by Crippen LogP contribution is -2.27. The maximum absolute atomic E-state index is 11.5. The molecule has 0 aliphatic carbocycles. The zero-order chi connectivity index (χ0) is 14.0. The Morgan fingerprint density at radius 3 is 2.16 bits per heavy atom. The lowest BCUT2D eigenvalue weighted by atomic mass is 10.3. The van der Waals surface area contributed by atoms with Crippen LogP contribution in [-0.4, -0.2) is 23.8 Å². The van der Waals surface area contributed by atoms with Crippen LogP contribution in [0, 0.1) is 0 Å². The van der Waals surface area contributed by atoms with E-state index in [1.807, 2.05) is 40.3 Å². The molecule has 19 heavy (non-hydrogen) atoms. The minimum Gasteiger partial charge on any atom is -0.310 e. The molecule has 2 aromatic rings. The molecule has 0 saturated heterocycles. The Morgan fingerprint density at radius 2 is 1.68 bits per heavy atom. The van der Waals surface area contributed by atoms with Crippen LogP contribution in [0.4, 0.5) is 0 Å². The smallest absolute Gasteiger partial charge is 0.253 e. The van der Waals surface area contributed by atoms with Crippen molar-refractivity contribution in [3.05, 3.63) is 29.9 Å². The minimum absolute atomic E-state index is 0.507. The standard InChI is InChI=1S/C13H19N3O2S/c1-4-10-16-12-9-7-6-8-11(12)15(5-2)13(16)14-19(3,17)18/h6-9H,4-5,10H2,1-3H3. The number of para-hydroxylation sites is 2. The second-order valence-corrected chi connectivity index (χ2v) is 6.16. The van der Waals surface area contributed by atoms with E-state index in [-0.39, 0.29) is 0 Å². The number of rotatable bonds is 4. The van der Waals surface area contributed by atoms with Gasteiger partial charge in [0.25, 0.3) is 10.0 Å². The van der Waals surface area contributed by atoms with Crippen LogP contribution < -0.4 is 5.62 Å². The van der Waals surface area contributed by atoms with Crippen LogP contribution in [0.1, 0.15) is 20.3 Å². The largest absolute Gasteiger partial charge is 0.310 e. The first-order valence-electron chi connectivity index (χ1n) is 6.42. The normalized spacial score (nSPS) is 13.3. The number of imidazole rings is 1. The van der Waals surface area contributed by atoms with E-state index in [1.54, 1.807) is 0 Å². The SMILES string of the molecule is CCCn1c(=NS(C)(=O)=O)n(CC)c2ccccc21. The zero-order valence-corrected chi connectivity index (χ0v) is 12.3. The molecule has 1 aromatic heterocycles. The Labute approximate surface area is 113 Å². The van der Waals surface area contributed by atoms with Crippen LogP contribution in [0.3, 0.4) is 0 Å². The van der Waals surface area contributed by atoms with Gasteiger partial charge in [0.2, 0.25) is 5.62 Å². The average molecular weight is 281 g/mol. The number of fused-ring (bicyclic) bond motifs is 1. The van der Waals surface area contributed by atoms with Crippen molar-refractivity contribution in [2.45, 2.75) is 33.4 Å². The first-order chi connectivity index (χ1) is 8.98. The molecule has 5 nitrogen and oxygen atoms in total. The monoisotopic (exact) mass is 281 g/mol. The van der Waals surface area contributed by atoms with Crippen molar-refractivity contribution in [3.8, 4) is 0 Å². The van der Waals surface area contributed by atoms with Gasteiger partial charge in [0, 0.05) is 13.1 Å². The molecule has 0 aliphatic heterocycles. The summed E-state index contributed by atoms with van der Waals surface area (Å²) in [6.45, 7) is 5.49. The van der Waals surface area contributed by atoms with E-state index in [1.165, 1.54) is 0 Å². The van der Waals surface area contributed by atoms with E-state index < -0.39 is 10.0 Å². The first kappa shape index (κ1) is 13.9. The molecule has 0 aliphatic rings. The van der Waals surface area contributed by atoms with E-state index in [0.717, 1.165) is 30.3 Å². The lowest BCUT2D eigenvalue weighted by molar-refractivity contribution is 0.589. The maximum atomic E-state index is 11.5. The topological polar surface area (TPSA) is 56.4 Å². The summed E-state index contributed by atoms with van der Waals surface area (Å²) in [5.74, 6) is 0. The molecule has 6 heteroatoms.